The number of hydrogen-bond donors (Lipinski definition) is 4. The highest BCUT2D eigenvalue weighted by Gasteiger charge is 2.44. The minimum atomic E-state index is -1.49. The van der Waals surface area contributed by atoms with Crippen LogP contribution in [0.15, 0.2) is 12.2 Å². The third-order valence-electron chi connectivity index (χ3n) is 2.99. The summed E-state index contributed by atoms with van der Waals surface area (Å²) in [4.78, 5) is 10.8. The minimum absolute atomic E-state index is 0.0373. The van der Waals surface area contributed by atoms with Gasteiger partial charge in [0.15, 0.2) is 6.29 Å². The van der Waals surface area contributed by atoms with Crippen molar-refractivity contribution in [3.8, 4) is 0 Å². The van der Waals surface area contributed by atoms with E-state index in [4.69, 9.17) is 19.3 Å². The maximum Gasteiger partial charge on any atom is 0.330 e. The van der Waals surface area contributed by atoms with Crippen LogP contribution in [0.4, 0.5) is 0 Å². The molecule has 1 fully saturated rings. The number of esters is 1. The summed E-state index contributed by atoms with van der Waals surface area (Å²) >= 11 is 0. The van der Waals surface area contributed by atoms with Crippen molar-refractivity contribution in [1.82, 2.24) is 0 Å². The average Bonchev–Trinajstić information content (AvgIpc) is 2.42. The van der Waals surface area contributed by atoms with E-state index in [2.05, 4.69) is 0 Å². The number of aliphatic hydroxyl groups excluding tert-OH is 4. The molecule has 8 nitrogen and oxygen atoms in total. The van der Waals surface area contributed by atoms with Gasteiger partial charge in [-0.15, -0.1) is 0 Å². The third-order valence-corrected chi connectivity index (χ3v) is 2.99. The molecule has 0 aliphatic carbocycles. The molecule has 2 rings (SSSR count). The Labute approximate surface area is 108 Å². The number of rotatable bonds is 3. The SMILES string of the molecule is O=C1C=CC(O[C@@H]2O[C@H](CO)[C@@H](O)[C@H](O)[C@H]2O)CO1. The van der Waals surface area contributed by atoms with Crippen molar-refractivity contribution in [1.29, 1.82) is 0 Å². The maximum atomic E-state index is 10.8. The van der Waals surface area contributed by atoms with E-state index in [1.807, 2.05) is 0 Å². The second kappa shape index (κ2) is 5.95. The van der Waals surface area contributed by atoms with Crippen LogP contribution in [0.3, 0.4) is 0 Å². The van der Waals surface area contributed by atoms with E-state index in [1.54, 1.807) is 0 Å². The van der Waals surface area contributed by atoms with Crippen LogP contribution in [0.25, 0.3) is 0 Å². The van der Waals surface area contributed by atoms with E-state index >= 15 is 0 Å². The number of carbonyl (C=O) groups excluding carboxylic acids is 1. The lowest BCUT2D eigenvalue weighted by molar-refractivity contribution is -0.309. The highest BCUT2D eigenvalue weighted by molar-refractivity contribution is 5.82. The van der Waals surface area contributed by atoms with Gasteiger partial charge in [-0.05, 0) is 6.08 Å². The molecule has 1 unspecified atom stereocenters. The van der Waals surface area contributed by atoms with Crippen molar-refractivity contribution in [3.63, 3.8) is 0 Å². The lowest BCUT2D eigenvalue weighted by Gasteiger charge is -2.40. The van der Waals surface area contributed by atoms with Crippen LogP contribution in [-0.4, -0.2) is 76.4 Å². The van der Waals surface area contributed by atoms with Crippen LogP contribution in [-0.2, 0) is 19.0 Å². The second-order valence-corrected chi connectivity index (χ2v) is 4.36. The first-order valence-corrected chi connectivity index (χ1v) is 5.84. The van der Waals surface area contributed by atoms with Gasteiger partial charge in [0.25, 0.3) is 0 Å². The molecular formula is C11H16O8. The molecule has 1 saturated heterocycles. The Morgan fingerprint density at radius 2 is 2.00 bits per heavy atom. The van der Waals surface area contributed by atoms with Crippen molar-refractivity contribution in [2.75, 3.05) is 13.2 Å². The molecule has 8 heteroatoms. The highest BCUT2D eigenvalue weighted by atomic mass is 16.7. The number of hydrogen-bond acceptors (Lipinski definition) is 8. The predicted octanol–water partition coefficient (Wildman–Crippen LogP) is -2.72. The van der Waals surface area contributed by atoms with E-state index < -0.39 is 49.4 Å². The van der Waals surface area contributed by atoms with Crippen molar-refractivity contribution >= 4 is 5.97 Å². The molecule has 0 amide bonds. The summed E-state index contributed by atoms with van der Waals surface area (Å²) in [5.74, 6) is -0.492. The molecular weight excluding hydrogens is 260 g/mol. The summed E-state index contributed by atoms with van der Waals surface area (Å²) in [6.07, 6.45) is -4.67. The molecule has 0 saturated carbocycles. The van der Waals surface area contributed by atoms with Gasteiger partial charge in [-0.1, -0.05) is 0 Å². The normalized spacial score (nSPS) is 43.1. The molecule has 0 bridgehead atoms. The molecule has 2 aliphatic heterocycles. The fourth-order valence-electron chi connectivity index (χ4n) is 1.89. The van der Waals surface area contributed by atoms with Gasteiger partial charge in [0.05, 0.1) is 6.61 Å². The molecule has 0 spiro atoms. The van der Waals surface area contributed by atoms with E-state index in [9.17, 15) is 20.1 Å². The lowest BCUT2D eigenvalue weighted by Crippen LogP contribution is -2.59. The van der Waals surface area contributed by atoms with Gasteiger partial charge >= 0.3 is 5.97 Å². The summed E-state index contributed by atoms with van der Waals surface area (Å²) in [5.41, 5.74) is 0. The Hall–Kier alpha value is -1.03. The highest BCUT2D eigenvalue weighted by Crippen LogP contribution is 2.23. The summed E-state index contributed by atoms with van der Waals surface area (Å²) in [5, 5.41) is 37.9. The summed E-state index contributed by atoms with van der Waals surface area (Å²) in [6, 6.07) is 0. The van der Waals surface area contributed by atoms with Crippen LogP contribution >= 0.6 is 0 Å². The topological polar surface area (TPSA) is 126 Å². The monoisotopic (exact) mass is 276 g/mol. The molecule has 0 radical (unpaired) electrons. The third kappa shape index (κ3) is 3.11. The second-order valence-electron chi connectivity index (χ2n) is 4.36. The zero-order valence-electron chi connectivity index (χ0n) is 9.95. The van der Waals surface area contributed by atoms with Crippen LogP contribution in [0, 0.1) is 0 Å². The van der Waals surface area contributed by atoms with Crippen molar-refractivity contribution in [3.05, 3.63) is 12.2 Å². The van der Waals surface area contributed by atoms with Gasteiger partial charge in [0.2, 0.25) is 0 Å². The molecule has 0 aromatic heterocycles. The Kier molecular flexibility index (Phi) is 4.50. The number of carbonyl (C=O) groups is 1. The lowest BCUT2D eigenvalue weighted by atomic mass is 9.99. The van der Waals surface area contributed by atoms with E-state index in [-0.39, 0.29) is 6.61 Å². The Morgan fingerprint density at radius 3 is 2.58 bits per heavy atom. The maximum absolute atomic E-state index is 10.8. The molecule has 2 aliphatic rings. The molecule has 6 atom stereocenters. The zero-order valence-corrected chi connectivity index (χ0v) is 9.95. The molecule has 19 heavy (non-hydrogen) atoms. The van der Waals surface area contributed by atoms with Gasteiger partial charge in [0, 0.05) is 6.08 Å². The van der Waals surface area contributed by atoms with Gasteiger partial charge in [-0.3, -0.25) is 0 Å². The molecule has 4 N–H and O–H groups in total. The first-order chi connectivity index (χ1) is 9.02. The minimum Gasteiger partial charge on any atom is -0.459 e. The van der Waals surface area contributed by atoms with Crippen molar-refractivity contribution in [2.45, 2.75) is 36.8 Å². The van der Waals surface area contributed by atoms with Crippen molar-refractivity contribution in [2.24, 2.45) is 0 Å². The average molecular weight is 276 g/mol. The van der Waals surface area contributed by atoms with Crippen LogP contribution in [0.5, 0.6) is 0 Å². The van der Waals surface area contributed by atoms with Crippen LogP contribution in [0.1, 0.15) is 0 Å². The van der Waals surface area contributed by atoms with Crippen LogP contribution in [0.2, 0.25) is 0 Å². The number of aliphatic hydroxyl groups is 4. The van der Waals surface area contributed by atoms with E-state index in [0.717, 1.165) is 0 Å². The smallest absolute Gasteiger partial charge is 0.330 e. The summed E-state index contributed by atoms with van der Waals surface area (Å²) in [7, 11) is 0. The Bertz CT molecular complexity index is 355. The Morgan fingerprint density at radius 1 is 1.26 bits per heavy atom. The van der Waals surface area contributed by atoms with Gasteiger partial charge in [0.1, 0.15) is 37.1 Å². The largest absolute Gasteiger partial charge is 0.459 e. The van der Waals surface area contributed by atoms with Gasteiger partial charge < -0.3 is 34.6 Å². The number of ether oxygens (including phenoxy) is 3. The van der Waals surface area contributed by atoms with Gasteiger partial charge in [-0.2, -0.15) is 0 Å². The predicted molar refractivity (Wildman–Crippen MR) is 58.7 cm³/mol. The van der Waals surface area contributed by atoms with Crippen molar-refractivity contribution < 1.29 is 39.4 Å². The van der Waals surface area contributed by atoms with E-state index in [0.29, 0.717) is 0 Å². The fourth-order valence-corrected chi connectivity index (χ4v) is 1.89. The van der Waals surface area contributed by atoms with E-state index in [1.165, 1.54) is 12.2 Å². The molecule has 2 heterocycles. The summed E-state index contributed by atoms with van der Waals surface area (Å²) in [6.45, 7) is -0.565. The molecule has 0 aromatic rings. The molecule has 108 valence electrons. The fraction of sp³-hybridized carbons (Fsp3) is 0.727. The number of cyclic esters (lactones) is 1. The molecule has 0 aromatic carbocycles. The first kappa shape index (κ1) is 14.4. The quantitative estimate of drug-likeness (QED) is 0.410. The zero-order chi connectivity index (χ0) is 14.0. The standard InChI is InChI=1S/C11H16O8/c12-3-6-8(14)9(15)10(16)11(19-6)18-5-1-2-7(13)17-4-5/h1-2,5-6,8-12,14-16H,3-4H2/t5?,6-,8-,9+,10-,11-/m1/s1. The first-order valence-electron chi connectivity index (χ1n) is 5.84. The van der Waals surface area contributed by atoms with Crippen LogP contribution < -0.4 is 0 Å². The summed E-state index contributed by atoms with van der Waals surface area (Å²) < 4.78 is 15.2. The Balaban J connectivity index is 1.99. The van der Waals surface area contributed by atoms with Gasteiger partial charge in [-0.25, -0.2) is 4.79 Å².